The summed E-state index contributed by atoms with van der Waals surface area (Å²) in [6.45, 7) is 4.19. The lowest BCUT2D eigenvalue weighted by Crippen LogP contribution is -2.32. The average molecular weight is 364 g/mol. The molecule has 0 bridgehead atoms. The van der Waals surface area contributed by atoms with Gasteiger partial charge in [-0.1, -0.05) is 30.1 Å². The Morgan fingerprint density at radius 3 is 2.68 bits per heavy atom. The molecule has 0 spiro atoms. The lowest BCUT2D eigenvalue weighted by Gasteiger charge is -2.04. The molecule has 0 unspecified atom stereocenters. The SMILES string of the molecule is CCNCCNC(=O)c1ccn(-c2ccc(Cl)c(Cl)c2)n1.Cl. The van der Waals surface area contributed by atoms with Crippen LogP contribution in [0.2, 0.25) is 10.0 Å². The van der Waals surface area contributed by atoms with Gasteiger partial charge in [0.05, 0.1) is 15.7 Å². The third kappa shape index (κ3) is 4.88. The number of rotatable bonds is 6. The topological polar surface area (TPSA) is 58.9 Å². The predicted molar refractivity (Wildman–Crippen MR) is 91.7 cm³/mol. The molecule has 1 aromatic carbocycles. The zero-order valence-electron chi connectivity index (χ0n) is 12.0. The summed E-state index contributed by atoms with van der Waals surface area (Å²) in [4.78, 5) is 11.9. The number of benzene rings is 1. The van der Waals surface area contributed by atoms with Gasteiger partial charge in [0.2, 0.25) is 0 Å². The monoisotopic (exact) mass is 362 g/mol. The van der Waals surface area contributed by atoms with Crippen LogP contribution in [0.15, 0.2) is 30.5 Å². The van der Waals surface area contributed by atoms with E-state index in [0.29, 0.717) is 22.3 Å². The highest BCUT2D eigenvalue weighted by Crippen LogP contribution is 2.24. The number of hydrogen-bond acceptors (Lipinski definition) is 3. The Balaban J connectivity index is 0.00000242. The zero-order chi connectivity index (χ0) is 15.2. The molecule has 2 rings (SSSR count). The summed E-state index contributed by atoms with van der Waals surface area (Å²) in [6.07, 6.45) is 1.71. The molecule has 1 aromatic heterocycles. The molecule has 0 atom stereocenters. The average Bonchev–Trinajstić information content (AvgIpc) is 2.96. The molecule has 0 saturated heterocycles. The second-order valence-electron chi connectivity index (χ2n) is 4.35. The lowest BCUT2D eigenvalue weighted by atomic mass is 10.3. The van der Waals surface area contributed by atoms with Crippen molar-refractivity contribution in [2.24, 2.45) is 0 Å². The number of halogens is 3. The van der Waals surface area contributed by atoms with Crippen molar-refractivity contribution in [3.05, 3.63) is 46.2 Å². The van der Waals surface area contributed by atoms with Crippen LogP contribution >= 0.6 is 35.6 Å². The minimum absolute atomic E-state index is 0. The van der Waals surface area contributed by atoms with Gasteiger partial charge < -0.3 is 10.6 Å². The number of amides is 1. The largest absolute Gasteiger partial charge is 0.349 e. The highest BCUT2D eigenvalue weighted by atomic mass is 35.5. The van der Waals surface area contributed by atoms with E-state index in [-0.39, 0.29) is 18.3 Å². The number of nitrogens with zero attached hydrogens (tertiary/aromatic N) is 2. The smallest absolute Gasteiger partial charge is 0.271 e. The maximum atomic E-state index is 11.9. The third-order valence-corrected chi connectivity index (χ3v) is 3.57. The highest BCUT2D eigenvalue weighted by molar-refractivity contribution is 6.42. The normalized spacial score (nSPS) is 10.1. The van der Waals surface area contributed by atoms with Crippen LogP contribution in [0.4, 0.5) is 0 Å². The molecule has 8 heteroatoms. The fourth-order valence-electron chi connectivity index (χ4n) is 1.75. The number of carbonyl (C=O) groups excluding carboxylic acids is 1. The van der Waals surface area contributed by atoms with E-state index in [2.05, 4.69) is 15.7 Å². The molecule has 1 heterocycles. The summed E-state index contributed by atoms with van der Waals surface area (Å²) in [6, 6.07) is 6.83. The maximum Gasteiger partial charge on any atom is 0.271 e. The molecule has 0 saturated carbocycles. The summed E-state index contributed by atoms with van der Waals surface area (Å²) >= 11 is 11.8. The van der Waals surface area contributed by atoms with Crippen LogP contribution in [-0.2, 0) is 0 Å². The molecule has 0 fully saturated rings. The first kappa shape index (κ1) is 18.8. The van der Waals surface area contributed by atoms with Gasteiger partial charge in [-0.05, 0) is 30.8 Å². The number of likely N-dealkylation sites (N-methyl/N-ethyl adjacent to an activating group) is 1. The second kappa shape index (κ2) is 9.00. The Labute approximate surface area is 145 Å². The minimum Gasteiger partial charge on any atom is -0.349 e. The van der Waals surface area contributed by atoms with E-state index in [4.69, 9.17) is 23.2 Å². The highest BCUT2D eigenvalue weighted by Gasteiger charge is 2.10. The van der Waals surface area contributed by atoms with E-state index >= 15 is 0 Å². The van der Waals surface area contributed by atoms with E-state index in [1.54, 1.807) is 35.1 Å². The van der Waals surface area contributed by atoms with Crippen LogP contribution < -0.4 is 10.6 Å². The van der Waals surface area contributed by atoms with Gasteiger partial charge in [0.25, 0.3) is 5.91 Å². The maximum absolute atomic E-state index is 11.9. The number of carbonyl (C=O) groups is 1. The standard InChI is InChI=1S/C14H16Cl2N4O.ClH/c1-2-17-6-7-18-14(21)13-5-8-20(19-13)10-3-4-11(15)12(16)9-10;/h3-5,8-9,17H,2,6-7H2,1H3,(H,18,21);1H. The van der Waals surface area contributed by atoms with E-state index in [9.17, 15) is 4.79 Å². The van der Waals surface area contributed by atoms with Gasteiger partial charge in [-0.15, -0.1) is 12.4 Å². The molecule has 5 nitrogen and oxygen atoms in total. The molecule has 2 aromatic rings. The van der Waals surface area contributed by atoms with Crippen LogP contribution in [0.3, 0.4) is 0 Å². The molecule has 0 aliphatic carbocycles. The third-order valence-electron chi connectivity index (χ3n) is 2.83. The van der Waals surface area contributed by atoms with Crippen LogP contribution in [0.25, 0.3) is 5.69 Å². The second-order valence-corrected chi connectivity index (χ2v) is 5.17. The molecule has 0 aliphatic rings. The Kier molecular flexibility index (Phi) is 7.68. The fourth-order valence-corrected chi connectivity index (χ4v) is 2.04. The summed E-state index contributed by atoms with van der Waals surface area (Å²) in [5.41, 5.74) is 1.11. The lowest BCUT2D eigenvalue weighted by molar-refractivity contribution is 0.0948. The molecule has 120 valence electrons. The van der Waals surface area contributed by atoms with Gasteiger partial charge in [-0.25, -0.2) is 4.68 Å². The van der Waals surface area contributed by atoms with E-state index in [0.717, 1.165) is 18.8 Å². The Bertz CT molecular complexity index is 630. The van der Waals surface area contributed by atoms with E-state index in [1.807, 2.05) is 6.92 Å². The van der Waals surface area contributed by atoms with Gasteiger partial charge in [-0.2, -0.15) is 5.10 Å². The molecule has 2 N–H and O–H groups in total. The van der Waals surface area contributed by atoms with Crippen LogP contribution in [0.5, 0.6) is 0 Å². The summed E-state index contributed by atoms with van der Waals surface area (Å²) in [5.74, 6) is -0.202. The molecular formula is C14H17Cl3N4O. The van der Waals surface area contributed by atoms with Gasteiger partial charge >= 0.3 is 0 Å². The van der Waals surface area contributed by atoms with Crippen LogP contribution in [0.1, 0.15) is 17.4 Å². The number of hydrogen-bond donors (Lipinski definition) is 2. The summed E-state index contributed by atoms with van der Waals surface area (Å²) in [7, 11) is 0. The summed E-state index contributed by atoms with van der Waals surface area (Å²) < 4.78 is 1.58. The van der Waals surface area contributed by atoms with Crippen LogP contribution in [0, 0.1) is 0 Å². The minimum atomic E-state index is -0.202. The molecule has 22 heavy (non-hydrogen) atoms. The van der Waals surface area contributed by atoms with Gasteiger partial charge in [0, 0.05) is 19.3 Å². The van der Waals surface area contributed by atoms with Gasteiger partial charge in [-0.3, -0.25) is 4.79 Å². The van der Waals surface area contributed by atoms with Crippen molar-refractivity contribution < 1.29 is 4.79 Å². The zero-order valence-corrected chi connectivity index (χ0v) is 14.3. The Morgan fingerprint density at radius 2 is 2.00 bits per heavy atom. The van der Waals surface area contributed by atoms with Crippen molar-refractivity contribution in [2.45, 2.75) is 6.92 Å². The van der Waals surface area contributed by atoms with Gasteiger partial charge in [0.15, 0.2) is 5.69 Å². The first-order valence-electron chi connectivity index (χ1n) is 6.62. The van der Waals surface area contributed by atoms with Crippen LogP contribution in [-0.4, -0.2) is 35.3 Å². The van der Waals surface area contributed by atoms with Crippen molar-refractivity contribution in [1.82, 2.24) is 20.4 Å². The predicted octanol–water partition coefficient (Wildman–Crippen LogP) is 2.94. The van der Waals surface area contributed by atoms with E-state index < -0.39 is 0 Å². The number of aromatic nitrogens is 2. The molecule has 0 radical (unpaired) electrons. The Hall–Kier alpha value is -1.27. The van der Waals surface area contributed by atoms with Gasteiger partial charge in [0.1, 0.15) is 0 Å². The molecule has 0 aliphatic heterocycles. The fraction of sp³-hybridized carbons (Fsp3) is 0.286. The molecular weight excluding hydrogens is 347 g/mol. The van der Waals surface area contributed by atoms with Crippen molar-refractivity contribution in [1.29, 1.82) is 0 Å². The van der Waals surface area contributed by atoms with Crippen molar-refractivity contribution >= 4 is 41.5 Å². The van der Waals surface area contributed by atoms with Crippen molar-refractivity contribution in [3.8, 4) is 5.69 Å². The Morgan fingerprint density at radius 1 is 1.23 bits per heavy atom. The quantitative estimate of drug-likeness (QED) is 0.776. The number of nitrogens with one attached hydrogen (secondary N) is 2. The van der Waals surface area contributed by atoms with E-state index in [1.165, 1.54) is 0 Å². The first-order chi connectivity index (χ1) is 10.1. The molecule has 1 amide bonds. The van der Waals surface area contributed by atoms with Crippen molar-refractivity contribution in [2.75, 3.05) is 19.6 Å². The first-order valence-corrected chi connectivity index (χ1v) is 7.37. The summed E-state index contributed by atoms with van der Waals surface area (Å²) in [5, 5.41) is 11.1. The van der Waals surface area contributed by atoms with Crippen molar-refractivity contribution in [3.63, 3.8) is 0 Å².